The first-order chi connectivity index (χ1) is 7.38. The average Bonchev–Trinajstić information content (AvgIpc) is 2.42. The maximum Gasteiger partial charge on any atom is 0.0646 e. The van der Waals surface area contributed by atoms with E-state index in [1.54, 1.807) is 0 Å². The molecule has 0 amide bonds. The van der Waals surface area contributed by atoms with E-state index in [2.05, 4.69) is 32.6 Å². The van der Waals surface area contributed by atoms with Gasteiger partial charge in [-0.25, -0.2) is 0 Å². The minimum atomic E-state index is -0.672. The zero-order valence-electron chi connectivity index (χ0n) is 9.79. The van der Waals surface area contributed by atoms with Crippen LogP contribution >= 0.6 is 15.9 Å². The van der Waals surface area contributed by atoms with E-state index in [-0.39, 0.29) is 0 Å². The molecule has 0 aliphatic carbocycles. The number of hydrogen-bond donors (Lipinski definition) is 1. The van der Waals surface area contributed by atoms with Crippen LogP contribution in [-0.2, 0) is 13.5 Å². The Morgan fingerprint density at radius 1 is 1.38 bits per heavy atom. The fourth-order valence-corrected chi connectivity index (χ4v) is 2.68. The summed E-state index contributed by atoms with van der Waals surface area (Å²) in [7, 11) is 2.04. The van der Waals surface area contributed by atoms with E-state index < -0.39 is 5.60 Å². The van der Waals surface area contributed by atoms with Crippen LogP contribution < -0.4 is 0 Å². The lowest BCUT2D eigenvalue weighted by atomic mass is 10.0. The van der Waals surface area contributed by atoms with E-state index in [9.17, 15) is 5.11 Å². The van der Waals surface area contributed by atoms with Crippen molar-refractivity contribution in [1.82, 2.24) is 4.57 Å². The molecule has 2 nitrogen and oxygen atoms in total. The quantitative estimate of drug-likeness (QED) is 0.898. The Bertz CT molecular complexity index is 522. The van der Waals surface area contributed by atoms with Crippen molar-refractivity contribution in [2.75, 3.05) is 0 Å². The van der Waals surface area contributed by atoms with Crippen LogP contribution in [0.3, 0.4) is 0 Å². The molecule has 3 heteroatoms. The maximum absolute atomic E-state index is 9.86. The molecule has 0 saturated heterocycles. The summed E-state index contributed by atoms with van der Waals surface area (Å²) in [6.45, 7) is 3.67. The number of hydrogen-bond acceptors (Lipinski definition) is 1. The molecule has 1 aromatic carbocycles. The molecular weight excluding hydrogens is 266 g/mol. The second-order valence-corrected chi connectivity index (χ2v) is 5.72. The molecular formula is C13H16BrNO. The average molecular weight is 282 g/mol. The van der Waals surface area contributed by atoms with Crippen LogP contribution in [0, 0.1) is 0 Å². The van der Waals surface area contributed by atoms with Crippen LogP contribution in [0.1, 0.15) is 19.5 Å². The molecule has 16 heavy (non-hydrogen) atoms. The molecule has 1 aromatic heterocycles. The lowest BCUT2D eigenvalue weighted by molar-refractivity contribution is 0.0793. The number of aryl methyl sites for hydroxylation is 1. The normalized spacial score (nSPS) is 12.3. The summed E-state index contributed by atoms with van der Waals surface area (Å²) in [5.74, 6) is 0. The molecule has 0 bridgehead atoms. The first kappa shape index (κ1) is 11.7. The molecule has 0 fully saturated rings. The third kappa shape index (κ3) is 2.15. The van der Waals surface area contributed by atoms with Crippen molar-refractivity contribution in [3.63, 3.8) is 0 Å². The molecule has 0 aliphatic rings. The standard InChI is InChI=1S/C13H16BrNO/c1-13(2,16)8-10-7-9-5-4-6-11(14)12(9)15(10)3/h4-7,16H,8H2,1-3H3. The summed E-state index contributed by atoms with van der Waals surface area (Å²) >= 11 is 3.56. The van der Waals surface area contributed by atoms with Gasteiger partial charge in [0.05, 0.1) is 11.1 Å². The monoisotopic (exact) mass is 281 g/mol. The Morgan fingerprint density at radius 3 is 2.62 bits per heavy atom. The van der Waals surface area contributed by atoms with E-state index in [1.807, 2.05) is 33.0 Å². The van der Waals surface area contributed by atoms with Crippen molar-refractivity contribution in [1.29, 1.82) is 0 Å². The maximum atomic E-state index is 9.86. The van der Waals surface area contributed by atoms with E-state index >= 15 is 0 Å². The van der Waals surface area contributed by atoms with Gasteiger partial charge in [0.1, 0.15) is 0 Å². The van der Waals surface area contributed by atoms with Crippen LogP contribution in [-0.4, -0.2) is 15.3 Å². The highest BCUT2D eigenvalue weighted by Gasteiger charge is 2.17. The Hall–Kier alpha value is -0.800. The van der Waals surface area contributed by atoms with E-state index in [4.69, 9.17) is 0 Å². The van der Waals surface area contributed by atoms with Gasteiger partial charge in [0.15, 0.2) is 0 Å². The number of rotatable bonds is 2. The Kier molecular flexibility index (Phi) is 2.84. The predicted octanol–water partition coefficient (Wildman–Crippen LogP) is 3.25. The van der Waals surface area contributed by atoms with Gasteiger partial charge < -0.3 is 9.67 Å². The lowest BCUT2D eigenvalue weighted by Crippen LogP contribution is -2.23. The van der Waals surface area contributed by atoms with Crippen molar-refractivity contribution in [2.24, 2.45) is 7.05 Å². The summed E-state index contributed by atoms with van der Waals surface area (Å²) in [6.07, 6.45) is 0.657. The minimum Gasteiger partial charge on any atom is -0.390 e. The zero-order chi connectivity index (χ0) is 11.9. The highest BCUT2D eigenvalue weighted by molar-refractivity contribution is 9.10. The Balaban J connectivity index is 2.57. The number of fused-ring (bicyclic) bond motifs is 1. The van der Waals surface area contributed by atoms with Gasteiger partial charge in [0.2, 0.25) is 0 Å². The molecule has 0 atom stereocenters. The molecule has 0 spiro atoms. The summed E-state index contributed by atoms with van der Waals surface area (Å²) < 4.78 is 3.23. The van der Waals surface area contributed by atoms with E-state index in [0.29, 0.717) is 6.42 Å². The van der Waals surface area contributed by atoms with Crippen molar-refractivity contribution in [2.45, 2.75) is 25.9 Å². The number of benzene rings is 1. The highest BCUT2D eigenvalue weighted by Crippen LogP contribution is 2.27. The number of aromatic nitrogens is 1. The van der Waals surface area contributed by atoms with E-state index in [1.165, 1.54) is 10.9 Å². The third-order valence-electron chi connectivity index (χ3n) is 2.72. The number of halogens is 1. The van der Waals surface area contributed by atoms with Gasteiger partial charge in [-0.3, -0.25) is 0 Å². The summed E-state index contributed by atoms with van der Waals surface area (Å²) in [4.78, 5) is 0. The lowest BCUT2D eigenvalue weighted by Gasteiger charge is -2.17. The largest absolute Gasteiger partial charge is 0.390 e. The van der Waals surface area contributed by atoms with Gasteiger partial charge in [-0.1, -0.05) is 12.1 Å². The van der Waals surface area contributed by atoms with Crippen LogP contribution in [0.4, 0.5) is 0 Å². The smallest absolute Gasteiger partial charge is 0.0646 e. The molecule has 2 rings (SSSR count). The summed E-state index contributed by atoms with van der Waals surface area (Å²) in [5.41, 5.74) is 1.66. The number of para-hydroxylation sites is 1. The summed E-state index contributed by atoms with van der Waals surface area (Å²) in [6, 6.07) is 8.29. The van der Waals surface area contributed by atoms with Crippen LogP contribution in [0.2, 0.25) is 0 Å². The van der Waals surface area contributed by atoms with Crippen LogP contribution in [0.5, 0.6) is 0 Å². The van der Waals surface area contributed by atoms with Gasteiger partial charge >= 0.3 is 0 Å². The van der Waals surface area contributed by atoms with Crippen LogP contribution in [0.15, 0.2) is 28.7 Å². The topological polar surface area (TPSA) is 25.2 Å². The van der Waals surface area contributed by atoms with Gasteiger partial charge in [0, 0.05) is 29.0 Å². The molecule has 1 N–H and O–H groups in total. The van der Waals surface area contributed by atoms with Gasteiger partial charge in [0.25, 0.3) is 0 Å². The second-order valence-electron chi connectivity index (χ2n) is 4.86. The second kappa shape index (κ2) is 3.90. The predicted molar refractivity (Wildman–Crippen MR) is 70.6 cm³/mol. The highest BCUT2D eigenvalue weighted by atomic mass is 79.9. The molecule has 86 valence electrons. The van der Waals surface area contributed by atoms with Crippen molar-refractivity contribution < 1.29 is 5.11 Å². The molecule has 0 radical (unpaired) electrons. The number of nitrogens with zero attached hydrogens (tertiary/aromatic N) is 1. The number of aliphatic hydroxyl groups is 1. The fourth-order valence-electron chi connectivity index (χ4n) is 2.04. The first-order valence-corrected chi connectivity index (χ1v) is 6.13. The van der Waals surface area contributed by atoms with Gasteiger partial charge in [-0.05, 0) is 41.9 Å². The zero-order valence-corrected chi connectivity index (χ0v) is 11.4. The van der Waals surface area contributed by atoms with Crippen molar-refractivity contribution in [3.8, 4) is 0 Å². The van der Waals surface area contributed by atoms with Crippen molar-refractivity contribution in [3.05, 3.63) is 34.4 Å². The molecule has 0 aliphatic heterocycles. The first-order valence-electron chi connectivity index (χ1n) is 5.34. The minimum absolute atomic E-state index is 0.657. The summed E-state index contributed by atoms with van der Waals surface area (Å²) in [5, 5.41) is 11.1. The SMILES string of the molecule is Cn1c(CC(C)(C)O)cc2cccc(Br)c21. The Morgan fingerprint density at radius 2 is 2.06 bits per heavy atom. The molecule has 0 unspecified atom stereocenters. The fraction of sp³-hybridized carbons (Fsp3) is 0.385. The third-order valence-corrected chi connectivity index (χ3v) is 3.36. The molecule has 0 saturated carbocycles. The van der Waals surface area contributed by atoms with Gasteiger partial charge in [-0.2, -0.15) is 0 Å². The van der Waals surface area contributed by atoms with E-state index in [0.717, 1.165) is 10.2 Å². The molecule has 1 heterocycles. The van der Waals surface area contributed by atoms with Gasteiger partial charge in [-0.15, -0.1) is 0 Å². The van der Waals surface area contributed by atoms with Crippen molar-refractivity contribution >= 4 is 26.8 Å². The van der Waals surface area contributed by atoms with Crippen LogP contribution in [0.25, 0.3) is 10.9 Å². The molecule has 2 aromatic rings. The Labute approximate surface area is 104 Å².